The molecule has 0 aliphatic carbocycles. The lowest BCUT2D eigenvalue weighted by molar-refractivity contribution is 0.817. The molecule has 0 saturated carbocycles. The topological polar surface area (TPSA) is 85.8 Å². The first-order valence-corrected chi connectivity index (χ1v) is 4.75. The molecule has 0 atom stereocenters. The van der Waals surface area contributed by atoms with E-state index in [0.717, 1.165) is 16.4 Å². The van der Waals surface area contributed by atoms with Crippen molar-refractivity contribution in [3.63, 3.8) is 0 Å². The number of hydrogen-bond acceptors (Lipinski definition) is 5. The lowest BCUT2D eigenvalue weighted by Gasteiger charge is -2.07. The third-order valence-electron chi connectivity index (χ3n) is 2.08. The predicted octanol–water partition coefficient (Wildman–Crippen LogP) is -0.0358. The molecule has 16 heavy (non-hydrogen) atoms. The molecule has 0 aliphatic rings. The largest absolute Gasteiger partial charge is 0.349 e. The van der Waals surface area contributed by atoms with Crippen LogP contribution in [-0.2, 0) is 6.54 Å². The zero-order chi connectivity index (χ0) is 11.4. The summed E-state index contributed by atoms with van der Waals surface area (Å²) in [6.45, 7) is 0.538. The van der Waals surface area contributed by atoms with Crippen LogP contribution in [0.5, 0.6) is 0 Å². The monoisotopic (exact) mass is 217 g/mol. The molecule has 0 amide bonds. The highest BCUT2D eigenvalue weighted by atomic mass is 16.1. The molecule has 0 unspecified atom stereocenters. The number of nitrogens with one attached hydrogen (secondary N) is 1. The van der Waals surface area contributed by atoms with Gasteiger partial charge in [0.05, 0.1) is 0 Å². The van der Waals surface area contributed by atoms with Crippen molar-refractivity contribution in [2.24, 2.45) is 0 Å². The summed E-state index contributed by atoms with van der Waals surface area (Å²) in [4.78, 5) is 11.1. The molecule has 0 fully saturated rings. The molecule has 6 nitrogen and oxygen atoms in total. The third-order valence-corrected chi connectivity index (χ3v) is 2.08. The zero-order valence-electron chi connectivity index (χ0n) is 8.50. The maximum Gasteiger partial charge on any atom is 0.292 e. The molecule has 82 valence electrons. The van der Waals surface area contributed by atoms with Crippen molar-refractivity contribution in [1.82, 2.24) is 14.9 Å². The molecule has 0 saturated heterocycles. The summed E-state index contributed by atoms with van der Waals surface area (Å²) in [7, 11) is 0. The van der Waals surface area contributed by atoms with E-state index in [0.29, 0.717) is 6.54 Å². The van der Waals surface area contributed by atoms with Crippen LogP contribution in [0.2, 0.25) is 0 Å². The van der Waals surface area contributed by atoms with Crippen molar-refractivity contribution >= 4 is 5.95 Å². The van der Waals surface area contributed by atoms with Crippen molar-refractivity contribution in [3.8, 4) is 0 Å². The van der Waals surface area contributed by atoms with E-state index in [-0.39, 0.29) is 5.95 Å². The van der Waals surface area contributed by atoms with Gasteiger partial charge >= 0.3 is 0 Å². The molecule has 0 aliphatic heterocycles. The Balaban J connectivity index is 2.11. The second kappa shape index (κ2) is 4.43. The summed E-state index contributed by atoms with van der Waals surface area (Å²) in [5, 5.41) is 10.2. The van der Waals surface area contributed by atoms with Gasteiger partial charge in [-0.05, 0) is 5.56 Å². The molecular formula is C10H11N5O. The summed E-state index contributed by atoms with van der Waals surface area (Å²) >= 11 is 0. The van der Waals surface area contributed by atoms with E-state index in [4.69, 9.17) is 5.84 Å². The van der Waals surface area contributed by atoms with Crippen molar-refractivity contribution in [1.29, 1.82) is 0 Å². The minimum Gasteiger partial charge on any atom is -0.349 e. The maximum atomic E-state index is 11.1. The van der Waals surface area contributed by atoms with Gasteiger partial charge < -0.3 is 11.2 Å². The van der Waals surface area contributed by atoms with Crippen molar-refractivity contribution in [3.05, 3.63) is 52.4 Å². The van der Waals surface area contributed by atoms with Crippen LogP contribution in [0.3, 0.4) is 0 Å². The van der Waals surface area contributed by atoms with Gasteiger partial charge in [-0.2, -0.15) is 4.68 Å². The molecule has 2 aromatic rings. The predicted molar refractivity (Wildman–Crippen MR) is 60.2 cm³/mol. The van der Waals surface area contributed by atoms with Crippen molar-refractivity contribution in [2.75, 3.05) is 11.2 Å². The molecule has 1 heterocycles. The summed E-state index contributed by atoms with van der Waals surface area (Å²) in [5.74, 6) is 5.73. The Morgan fingerprint density at radius 2 is 2.06 bits per heavy atom. The Hall–Kier alpha value is -2.37. The Kier molecular flexibility index (Phi) is 2.81. The van der Waals surface area contributed by atoms with E-state index < -0.39 is 5.56 Å². The average molecular weight is 217 g/mol. The SMILES string of the molecule is Nn1c(NCc2ccccc2)nncc1=O. The van der Waals surface area contributed by atoms with Gasteiger partial charge in [0.1, 0.15) is 6.20 Å². The van der Waals surface area contributed by atoms with Crippen LogP contribution in [0, 0.1) is 0 Å². The van der Waals surface area contributed by atoms with E-state index in [1.165, 1.54) is 0 Å². The summed E-state index contributed by atoms with van der Waals surface area (Å²) in [5.41, 5.74) is 0.672. The van der Waals surface area contributed by atoms with Gasteiger partial charge in [-0.3, -0.25) is 4.79 Å². The normalized spacial score (nSPS) is 10.0. The van der Waals surface area contributed by atoms with Gasteiger partial charge in [0.15, 0.2) is 0 Å². The van der Waals surface area contributed by atoms with Gasteiger partial charge in [0, 0.05) is 6.54 Å². The first-order valence-electron chi connectivity index (χ1n) is 4.75. The fourth-order valence-corrected chi connectivity index (χ4v) is 1.25. The fourth-order valence-electron chi connectivity index (χ4n) is 1.25. The van der Waals surface area contributed by atoms with E-state index >= 15 is 0 Å². The van der Waals surface area contributed by atoms with Gasteiger partial charge in [-0.25, -0.2) is 0 Å². The van der Waals surface area contributed by atoms with Crippen LogP contribution < -0.4 is 16.7 Å². The van der Waals surface area contributed by atoms with Crippen molar-refractivity contribution in [2.45, 2.75) is 6.54 Å². The third kappa shape index (κ3) is 2.17. The lowest BCUT2D eigenvalue weighted by Crippen LogP contribution is -2.30. The number of nitrogens with two attached hydrogens (primary N) is 1. The highest BCUT2D eigenvalue weighted by Gasteiger charge is 2.01. The van der Waals surface area contributed by atoms with Gasteiger partial charge in [-0.1, -0.05) is 30.3 Å². The molecule has 1 aromatic carbocycles. The first kappa shape index (κ1) is 10.2. The molecule has 3 N–H and O–H groups in total. The minimum atomic E-state index is -0.398. The van der Waals surface area contributed by atoms with Crippen LogP contribution in [-0.4, -0.2) is 14.9 Å². The Labute approximate surface area is 91.7 Å². The van der Waals surface area contributed by atoms with Crippen LogP contribution in [0.4, 0.5) is 5.95 Å². The number of anilines is 1. The average Bonchev–Trinajstić information content (AvgIpc) is 2.32. The second-order valence-corrected chi connectivity index (χ2v) is 3.22. The molecule has 0 radical (unpaired) electrons. The summed E-state index contributed by atoms with van der Waals surface area (Å²) in [6.07, 6.45) is 1.06. The summed E-state index contributed by atoms with van der Waals surface area (Å²) < 4.78 is 0.927. The standard InChI is InChI=1S/C10H11N5O/c11-15-9(16)7-13-14-10(15)12-6-8-4-2-1-3-5-8/h1-5,7H,6,11H2,(H,12,14). The van der Waals surface area contributed by atoms with E-state index in [1.54, 1.807) is 0 Å². The minimum absolute atomic E-state index is 0.247. The summed E-state index contributed by atoms with van der Waals surface area (Å²) in [6, 6.07) is 9.72. The highest BCUT2D eigenvalue weighted by molar-refractivity contribution is 5.27. The van der Waals surface area contributed by atoms with Crippen LogP contribution >= 0.6 is 0 Å². The smallest absolute Gasteiger partial charge is 0.292 e. The second-order valence-electron chi connectivity index (χ2n) is 3.22. The molecule has 2 rings (SSSR count). The quantitative estimate of drug-likeness (QED) is 0.705. The molecule has 6 heteroatoms. The Bertz CT molecular complexity index is 522. The number of hydrogen-bond donors (Lipinski definition) is 2. The van der Waals surface area contributed by atoms with E-state index in [9.17, 15) is 4.79 Å². The zero-order valence-corrected chi connectivity index (χ0v) is 8.50. The van der Waals surface area contributed by atoms with E-state index in [1.807, 2.05) is 30.3 Å². The number of aromatic nitrogens is 3. The van der Waals surface area contributed by atoms with Gasteiger partial charge in [0.25, 0.3) is 5.56 Å². The lowest BCUT2D eigenvalue weighted by atomic mass is 10.2. The Morgan fingerprint density at radius 3 is 2.81 bits per heavy atom. The number of benzene rings is 1. The molecule has 0 bridgehead atoms. The maximum absolute atomic E-state index is 11.1. The van der Waals surface area contributed by atoms with Crippen LogP contribution in [0.15, 0.2) is 41.3 Å². The van der Waals surface area contributed by atoms with Gasteiger partial charge in [0.2, 0.25) is 5.95 Å². The molecule has 0 spiro atoms. The number of nitrogens with zero attached hydrogens (tertiary/aromatic N) is 3. The fraction of sp³-hybridized carbons (Fsp3) is 0.100. The number of nitrogen functional groups attached to an aromatic ring is 1. The Morgan fingerprint density at radius 1 is 1.31 bits per heavy atom. The highest BCUT2D eigenvalue weighted by Crippen LogP contribution is 2.01. The molecule has 1 aromatic heterocycles. The molecular weight excluding hydrogens is 206 g/mol. The van der Waals surface area contributed by atoms with Crippen LogP contribution in [0.25, 0.3) is 0 Å². The van der Waals surface area contributed by atoms with Gasteiger partial charge in [-0.15, -0.1) is 10.2 Å². The van der Waals surface area contributed by atoms with Crippen LogP contribution in [0.1, 0.15) is 5.56 Å². The van der Waals surface area contributed by atoms with E-state index in [2.05, 4.69) is 15.5 Å². The van der Waals surface area contributed by atoms with Crippen molar-refractivity contribution < 1.29 is 0 Å². The first-order chi connectivity index (χ1) is 7.77. The number of rotatable bonds is 3.